The highest BCUT2D eigenvalue weighted by molar-refractivity contribution is 7.92. The second-order valence-electron chi connectivity index (χ2n) is 5.86. The first-order chi connectivity index (χ1) is 8.35. The minimum Gasteiger partial charge on any atom is -0.390 e. The van der Waals surface area contributed by atoms with Crippen LogP contribution in [-0.4, -0.2) is 25.4 Å². The van der Waals surface area contributed by atoms with Crippen LogP contribution in [-0.2, 0) is 21.0 Å². The third kappa shape index (κ3) is 1.97. The number of hydrogen-bond acceptors (Lipinski definition) is 3. The molecule has 0 unspecified atom stereocenters. The van der Waals surface area contributed by atoms with Crippen molar-refractivity contribution >= 4 is 9.84 Å². The first-order valence-corrected chi connectivity index (χ1v) is 8.25. The molecule has 0 amide bonds. The summed E-state index contributed by atoms with van der Waals surface area (Å²) in [6.45, 7) is 0. The Kier molecular flexibility index (Phi) is 2.42. The fourth-order valence-electron chi connectivity index (χ4n) is 2.61. The molecule has 1 aromatic rings. The van der Waals surface area contributed by atoms with E-state index >= 15 is 0 Å². The molecule has 0 atom stereocenters. The quantitative estimate of drug-likeness (QED) is 0.904. The van der Waals surface area contributed by atoms with E-state index in [-0.39, 0.29) is 0 Å². The number of sulfone groups is 1. The van der Waals surface area contributed by atoms with Gasteiger partial charge in [0.15, 0.2) is 9.84 Å². The summed E-state index contributed by atoms with van der Waals surface area (Å²) in [7, 11) is -3.03. The molecule has 0 bridgehead atoms. The molecule has 98 valence electrons. The average molecular weight is 266 g/mol. The summed E-state index contributed by atoms with van der Waals surface area (Å²) < 4.78 is 23.0. The SMILES string of the molecule is CS(=O)(=O)C1(c2ccc(CC3(O)CC3)cc2)CC1. The molecule has 2 aliphatic rings. The number of benzene rings is 1. The molecule has 1 N–H and O–H groups in total. The van der Waals surface area contributed by atoms with Crippen LogP contribution in [0, 0.1) is 0 Å². The van der Waals surface area contributed by atoms with Gasteiger partial charge in [0.25, 0.3) is 0 Å². The molecule has 4 heteroatoms. The van der Waals surface area contributed by atoms with Crippen molar-refractivity contribution in [2.45, 2.75) is 42.5 Å². The van der Waals surface area contributed by atoms with E-state index in [1.807, 2.05) is 24.3 Å². The smallest absolute Gasteiger partial charge is 0.157 e. The van der Waals surface area contributed by atoms with Crippen LogP contribution in [0.4, 0.5) is 0 Å². The van der Waals surface area contributed by atoms with E-state index in [0.717, 1.165) is 36.8 Å². The van der Waals surface area contributed by atoms with Gasteiger partial charge in [-0.15, -0.1) is 0 Å². The van der Waals surface area contributed by atoms with Crippen molar-refractivity contribution in [1.82, 2.24) is 0 Å². The van der Waals surface area contributed by atoms with Gasteiger partial charge >= 0.3 is 0 Å². The van der Waals surface area contributed by atoms with E-state index in [2.05, 4.69) is 0 Å². The predicted octanol–water partition coefficient (Wildman–Crippen LogP) is 1.79. The lowest BCUT2D eigenvalue weighted by atomic mass is 10.0. The molecule has 0 aliphatic heterocycles. The minimum absolute atomic E-state index is 0.490. The molecule has 0 aromatic heterocycles. The van der Waals surface area contributed by atoms with Crippen LogP contribution in [0.25, 0.3) is 0 Å². The van der Waals surface area contributed by atoms with Crippen LogP contribution in [0.2, 0.25) is 0 Å². The summed E-state index contributed by atoms with van der Waals surface area (Å²) in [6, 6.07) is 7.73. The molecule has 0 saturated heterocycles. The van der Waals surface area contributed by atoms with Crippen LogP contribution in [0.15, 0.2) is 24.3 Å². The topological polar surface area (TPSA) is 54.4 Å². The molecule has 1 aromatic carbocycles. The highest BCUT2D eigenvalue weighted by atomic mass is 32.2. The van der Waals surface area contributed by atoms with E-state index in [1.54, 1.807) is 0 Å². The molecule has 0 heterocycles. The van der Waals surface area contributed by atoms with Gasteiger partial charge in [-0.3, -0.25) is 0 Å². The highest BCUT2D eigenvalue weighted by Crippen LogP contribution is 2.52. The lowest BCUT2D eigenvalue weighted by Crippen LogP contribution is -2.19. The fourth-order valence-corrected chi connectivity index (χ4v) is 4.02. The fraction of sp³-hybridized carbons (Fsp3) is 0.571. The maximum absolute atomic E-state index is 11.8. The second kappa shape index (κ2) is 3.58. The van der Waals surface area contributed by atoms with Crippen molar-refractivity contribution in [2.24, 2.45) is 0 Å². The molecule has 2 aliphatic carbocycles. The predicted molar refractivity (Wildman–Crippen MR) is 70.1 cm³/mol. The summed E-state index contributed by atoms with van der Waals surface area (Å²) in [5.41, 5.74) is 1.50. The van der Waals surface area contributed by atoms with Gasteiger partial charge in [0.2, 0.25) is 0 Å². The molecule has 18 heavy (non-hydrogen) atoms. The molecular weight excluding hydrogens is 248 g/mol. The van der Waals surface area contributed by atoms with Crippen LogP contribution in [0.1, 0.15) is 36.8 Å². The monoisotopic (exact) mass is 266 g/mol. The zero-order valence-electron chi connectivity index (χ0n) is 10.5. The Labute approximate surface area is 108 Å². The van der Waals surface area contributed by atoms with Crippen LogP contribution in [0.3, 0.4) is 0 Å². The van der Waals surface area contributed by atoms with Gasteiger partial charge in [0.1, 0.15) is 0 Å². The molecule has 3 nitrogen and oxygen atoms in total. The summed E-state index contributed by atoms with van der Waals surface area (Å²) in [4.78, 5) is 0. The summed E-state index contributed by atoms with van der Waals surface area (Å²) in [5.74, 6) is 0. The van der Waals surface area contributed by atoms with E-state index < -0.39 is 20.2 Å². The van der Waals surface area contributed by atoms with Gasteiger partial charge in [0, 0.05) is 12.7 Å². The van der Waals surface area contributed by atoms with Crippen LogP contribution < -0.4 is 0 Å². The van der Waals surface area contributed by atoms with Gasteiger partial charge in [-0.1, -0.05) is 24.3 Å². The van der Waals surface area contributed by atoms with Crippen LogP contribution >= 0.6 is 0 Å². The van der Waals surface area contributed by atoms with E-state index in [1.165, 1.54) is 6.26 Å². The largest absolute Gasteiger partial charge is 0.390 e. The highest BCUT2D eigenvalue weighted by Gasteiger charge is 2.53. The molecule has 3 rings (SSSR count). The normalized spacial score (nSPS) is 23.7. The summed E-state index contributed by atoms with van der Waals surface area (Å²) in [5, 5.41) is 9.86. The van der Waals surface area contributed by atoms with Gasteiger partial charge in [0.05, 0.1) is 10.3 Å². The Morgan fingerprint density at radius 3 is 2.06 bits per heavy atom. The summed E-state index contributed by atoms with van der Waals surface area (Å²) in [6.07, 6.45) is 5.22. The second-order valence-corrected chi connectivity index (χ2v) is 8.19. The summed E-state index contributed by atoms with van der Waals surface area (Å²) >= 11 is 0. The molecule has 0 radical (unpaired) electrons. The lowest BCUT2D eigenvalue weighted by Gasteiger charge is -2.14. The Balaban J connectivity index is 1.83. The first-order valence-electron chi connectivity index (χ1n) is 6.36. The van der Waals surface area contributed by atoms with Crippen molar-refractivity contribution < 1.29 is 13.5 Å². The number of rotatable bonds is 4. The molecule has 2 saturated carbocycles. The zero-order chi connectivity index (χ0) is 13.0. The van der Waals surface area contributed by atoms with Crippen molar-refractivity contribution in [3.63, 3.8) is 0 Å². The number of hydrogen-bond donors (Lipinski definition) is 1. The molecule has 2 fully saturated rings. The van der Waals surface area contributed by atoms with E-state index in [4.69, 9.17) is 0 Å². The van der Waals surface area contributed by atoms with Crippen molar-refractivity contribution in [1.29, 1.82) is 0 Å². The van der Waals surface area contributed by atoms with Gasteiger partial charge in [-0.25, -0.2) is 8.42 Å². The maximum atomic E-state index is 11.8. The third-order valence-electron chi connectivity index (χ3n) is 4.25. The van der Waals surface area contributed by atoms with Crippen molar-refractivity contribution in [3.8, 4) is 0 Å². The Morgan fingerprint density at radius 1 is 1.11 bits per heavy atom. The van der Waals surface area contributed by atoms with Crippen molar-refractivity contribution in [2.75, 3.05) is 6.26 Å². The van der Waals surface area contributed by atoms with E-state index in [9.17, 15) is 13.5 Å². The standard InChI is InChI=1S/C14H18O3S/c1-18(16,17)14(8-9-14)12-4-2-11(3-5-12)10-13(15)6-7-13/h2-5,15H,6-10H2,1H3. The Hall–Kier alpha value is -0.870. The molecular formula is C14H18O3S. The minimum atomic E-state index is -3.03. The first kappa shape index (κ1) is 12.2. The average Bonchev–Trinajstić information content (AvgIpc) is 3.15. The number of aliphatic hydroxyl groups is 1. The third-order valence-corrected chi connectivity index (χ3v) is 6.32. The zero-order valence-corrected chi connectivity index (χ0v) is 11.3. The van der Waals surface area contributed by atoms with Crippen molar-refractivity contribution in [3.05, 3.63) is 35.4 Å². The molecule has 0 spiro atoms. The Bertz CT molecular complexity index is 564. The van der Waals surface area contributed by atoms with Gasteiger partial charge in [-0.05, 0) is 36.8 Å². The Morgan fingerprint density at radius 2 is 1.67 bits per heavy atom. The van der Waals surface area contributed by atoms with E-state index in [0.29, 0.717) is 6.42 Å². The van der Waals surface area contributed by atoms with Crippen LogP contribution in [0.5, 0.6) is 0 Å². The van der Waals surface area contributed by atoms with Gasteiger partial charge in [-0.2, -0.15) is 0 Å². The van der Waals surface area contributed by atoms with Gasteiger partial charge < -0.3 is 5.11 Å². The maximum Gasteiger partial charge on any atom is 0.157 e. The lowest BCUT2D eigenvalue weighted by molar-refractivity contribution is 0.151.